The summed E-state index contributed by atoms with van der Waals surface area (Å²) in [5, 5.41) is 0. The van der Waals surface area contributed by atoms with Gasteiger partial charge in [0.05, 0.1) is 7.94 Å². The zero-order valence-corrected chi connectivity index (χ0v) is 7.68. The Morgan fingerprint density at radius 3 is 2.58 bits per heavy atom. The van der Waals surface area contributed by atoms with Gasteiger partial charge < -0.3 is 0 Å². The second-order valence-electron chi connectivity index (χ2n) is 3.81. The van der Waals surface area contributed by atoms with E-state index in [1.54, 1.807) is 12.1 Å². The molecule has 1 rings (SSSR count). The van der Waals surface area contributed by atoms with Crippen LogP contribution >= 0.6 is 0 Å². The first-order valence-electron chi connectivity index (χ1n) is 4.44. The number of rotatable bonds is 0. The third-order valence-corrected chi connectivity index (χ3v) is 1.77. The molecule has 0 saturated carbocycles. The molecule has 0 N–H and O–H groups in total. The lowest BCUT2D eigenvalue weighted by Gasteiger charge is -2.20. The molecule has 0 heterocycles. The topological polar surface area (TPSA) is 4.36 Å². The highest BCUT2D eigenvalue weighted by molar-refractivity contribution is 5.54. The maximum Gasteiger partial charge on any atom is 0.190 e. The number of hydrogen-bond acceptors (Lipinski definition) is 0. The van der Waals surface area contributed by atoms with Crippen LogP contribution in [0.2, 0.25) is 0 Å². The molecule has 0 atom stereocenters. The lowest BCUT2D eigenvalue weighted by molar-refractivity contribution is 0.593. The van der Waals surface area contributed by atoms with E-state index < -0.39 is 0 Å². The molecule has 0 saturated heterocycles. The van der Waals surface area contributed by atoms with Gasteiger partial charge in [0.2, 0.25) is 0 Å². The first kappa shape index (κ1) is 7.36. The lowest BCUT2D eigenvalue weighted by atomic mass is 9.86. The molecule has 12 heavy (non-hydrogen) atoms. The van der Waals surface area contributed by atoms with E-state index in [1.165, 1.54) is 0 Å². The molecule has 1 aromatic rings. The van der Waals surface area contributed by atoms with Gasteiger partial charge in [-0.2, -0.15) is 0 Å². The molecular formula is C11H13N. The van der Waals surface area contributed by atoms with E-state index in [4.69, 9.17) is 7.94 Å². The van der Waals surface area contributed by atoms with Gasteiger partial charge >= 0.3 is 0 Å². The van der Waals surface area contributed by atoms with Crippen molar-refractivity contribution < 1.29 is 1.37 Å². The van der Waals surface area contributed by atoms with Gasteiger partial charge in [-0.1, -0.05) is 45.0 Å². The van der Waals surface area contributed by atoms with Crippen LogP contribution < -0.4 is 0 Å². The minimum Gasteiger partial charge on any atom is -0.238 e. The first-order chi connectivity index (χ1) is 5.95. The van der Waals surface area contributed by atoms with Crippen molar-refractivity contribution in [2.24, 2.45) is 0 Å². The average Bonchev–Trinajstić information content (AvgIpc) is 2.01. The maximum atomic E-state index is 7.40. The van der Waals surface area contributed by atoms with Crippen LogP contribution in [0.15, 0.2) is 24.2 Å². The average molecular weight is 160 g/mol. The lowest BCUT2D eigenvalue weighted by Crippen LogP contribution is -2.10. The van der Waals surface area contributed by atoms with Crippen LogP contribution in [0.25, 0.3) is 4.85 Å². The zero-order valence-electron chi connectivity index (χ0n) is 8.68. The van der Waals surface area contributed by atoms with Crippen LogP contribution in [0, 0.1) is 6.57 Å². The largest absolute Gasteiger partial charge is 0.238 e. The Bertz CT molecular complexity index is 355. The van der Waals surface area contributed by atoms with Crippen LogP contribution in [-0.2, 0) is 5.41 Å². The van der Waals surface area contributed by atoms with Gasteiger partial charge in [-0.25, -0.2) is 4.85 Å². The standard InChI is InChI=1S/C11H13N/c1-11(2,3)9-7-5-6-8-10(9)12-4/h5-8H,1-3H3/i6D. The highest BCUT2D eigenvalue weighted by Crippen LogP contribution is 2.30. The summed E-state index contributed by atoms with van der Waals surface area (Å²) in [5.41, 5.74) is 1.59. The van der Waals surface area contributed by atoms with Crippen LogP contribution in [0.1, 0.15) is 27.7 Å². The van der Waals surface area contributed by atoms with Crippen molar-refractivity contribution in [3.8, 4) is 0 Å². The second-order valence-corrected chi connectivity index (χ2v) is 3.81. The van der Waals surface area contributed by atoms with Gasteiger partial charge in [-0.15, -0.1) is 0 Å². The summed E-state index contributed by atoms with van der Waals surface area (Å²) in [7, 11) is 0. The van der Waals surface area contributed by atoms with Crippen molar-refractivity contribution in [1.82, 2.24) is 0 Å². The van der Waals surface area contributed by atoms with Crippen LogP contribution in [0.4, 0.5) is 5.69 Å². The molecule has 1 aromatic carbocycles. The normalized spacial score (nSPS) is 12.0. The summed E-state index contributed by atoms with van der Waals surface area (Å²) in [6, 6.07) is 5.62. The molecule has 0 aliphatic rings. The third-order valence-electron chi connectivity index (χ3n) is 1.77. The van der Waals surface area contributed by atoms with Crippen LogP contribution in [0.3, 0.4) is 0 Å². The third kappa shape index (κ3) is 1.65. The number of nitrogens with zero attached hydrogens (tertiary/aromatic N) is 1. The van der Waals surface area contributed by atoms with E-state index in [9.17, 15) is 0 Å². The van der Waals surface area contributed by atoms with Gasteiger partial charge in [0.25, 0.3) is 0 Å². The molecule has 0 spiro atoms. The smallest absolute Gasteiger partial charge is 0.190 e. The summed E-state index contributed by atoms with van der Waals surface area (Å²) in [6.45, 7) is 13.2. The van der Waals surface area contributed by atoms with Crippen LogP contribution in [-0.4, -0.2) is 0 Å². The minimum atomic E-state index is -0.0203. The van der Waals surface area contributed by atoms with Gasteiger partial charge in [0.15, 0.2) is 5.69 Å². The summed E-state index contributed by atoms with van der Waals surface area (Å²) in [6.07, 6.45) is 0. The van der Waals surface area contributed by atoms with E-state index >= 15 is 0 Å². The van der Waals surface area contributed by atoms with Crippen molar-refractivity contribution in [2.75, 3.05) is 0 Å². The molecule has 0 unspecified atom stereocenters. The van der Waals surface area contributed by atoms with E-state index in [0.717, 1.165) is 5.56 Å². The van der Waals surface area contributed by atoms with Gasteiger partial charge in [0, 0.05) is 0 Å². The minimum absolute atomic E-state index is 0.0203. The highest BCUT2D eigenvalue weighted by atomic mass is 14.6. The van der Waals surface area contributed by atoms with Gasteiger partial charge in [-0.05, 0) is 11.0 Å². The monoisotopic (exact) mass is 160 g/mol. The Morgan fingerprint density at radius 2 is 2.08 bits per heavy atom. The Hall–Kier alpha value is -1.29. The summed E-state index contributed by atoms with van der Waals surface area (Å²) in [4.78, 5) is 3.43. The van der Waals surface area contributed by atoms with Crippen molar-refractivity contribution >= 4 is 5.69 Å². The summed E-state index contributed by atoms with van der Waals surface area (Å²) >= 11 is 0. The number of para-hydroxylation sites is 1. The molecule has 0 aliphatic heterocycles. The molecule has 1 heteroatoms. The molecule has 0 radical (unpaired) electrons. The molecule has 1 nitrogen and oxygen atoms in total. The van der Waals surface area contributed by atoms with Crippen molar-refractivity contribution in [1.29, 1.82) is 0 Å². The van der Waals surface area contributed by atoms with E-state index in [0.29, 0.717) is 11.7 Å². The summed E-state index contributed by atoms with van der Waals surface area (Å²) < 4.78 is 7.40. The fourth-order valence-corrected chi connectivity index (χ4v) is 1.15. The van der Waals surface area contributed by atoms with E-state index in [-0.39, 0.29) is 5.41 Å². The maximum absolute atomic E-state index is 7.40. The van der Waals surface area contributed by atoms with E-state index in [1.807, 2.05) is 6.07 Å². The summed E-state index contributed by atoms with van der Waals surface area (Å²) in [5.74, 6) is 0. The first-order valence-corrected chi connectivity index (χ1v) is 3.94. The predicted octanol–water partition coefficient (Wildman–Crippen LogP) is 3.53. The predicted molar refractivity (Wildman–Crippen MR) is 51.4 cm³/mol. The molecule has 62 valence electrons. The van der Waals surface area contributed by atoms with Crippen molar-refractivity contribution in [3.63, 3.8) is 0 Å². The molecule has 0 amide bonds. The SMILES string of the molecule is [2H]c1ccc(C(C)(C)C)c([N+]#[C-])c1. The fraction of sp³-hybridized carbons (Fsp3) is 0.364. The van der Waals surface area contributed by atoms with Crippen molar-refractivity contribution in [3.05, 3.63) is 41.2 Å². The Labute approximate surface area is 75.3 Å². The highest BCUT2D eigenvalue weighted by Gasteiger charge is 2.16. The van der Waals surface area contributed by atoms with Crippen molar-refractivity contribution in [2.45, 2.75) is 26.2 Å². The second kappa shape index (κ2) is 2.98. The quantitative estimate of drug-likeness (QED) is 0.511. The Kier molecular flexibility index (Phi) is 1.83. The molecular weight excluding hydrogens is 146 g/mol. The van der Waals surface area contributed by atoms with Gasteiger partial charge in [-0.3, -0.25) is 0 Å². The molecule has 0 bridgehead atoms. The Balaban J connectivity index is 3.32. The zero-order chi connectivity index (χ0) is 10.1. The molecule has 0 aliphatic carbocycles. The fourth-order valence-electron chi connectivity index (χ4n) is 1.15. The molecule has 0 fully saturated rings. The number of benzene rings is 1. The van der Waals surface area contributed by atoms with Gasteiger partial charge in [0.1, 0.15) is 0 Å². The van der Waals surface area contributed by atoms with E-state index in [2.05, 4.69) is 25.6 Å². The molecule has 0 aromatic heterocycles. The van der Waals surface area contributed by atoms with Crippen LogP contribution in [0.5, 0.6) is 0 Å². The number of hydrogen-bond donors (Lipinski definition) is 0. The Morgan fingerprint density at radius 1 is 1.42 bits per heavy atom.